The second-order valence-corrected chi connectivity index (χ2v) is 7.08. The van der Waals surface area contributed by atoms with E-state index in [4.69, 9.17) is 4.74 Å². The third-order valence-electron chi connectivity index (χ3n) is 4.82. The van der Waals surface area contributed by atoms with E-state index in [0.717, 1.165) is 22.3 Å². The summed E-state index contributed by atoms with van der Waals surface area (Å²) in [5.41, 5.74) is 4.14. The molecule has 0 aliphatic rings. The average Bonchev–Trinajstić information content (AvgIpc) is 2.67. The van der Waals surface area contributed by atoms with Gasteiger partial charge in [0.2, 0.25) is 5.91 Å². The number of benzene rings is 2. The summed E-state index contributed by atoms with van der Waals surface area (Å²) in [5, 5.41) is 2.80. The SMILES string of the molecule is CCNC(=O)[C@H](C)N(Cc1ccccc1C)C(=O)COc1cc(C)ccc1C. The zero-order chi connectivity index (χ0) is 20.7. The minimum Gasteiger partial charge on any atom is -0.483 e. The van der Waals surface area contributed by atoms with Gasteiger partial charge in [-0.2, -0.15) is 0 Å². The first-order valence-corrected chi connectivity index (χ1v) is 9.65. The predicted octanol–water partition coefficient (Wildman–Crippen LogP) is 3.54. The Balaban J connectivity index is 2.19. The number of amides is 2. The van der Waals surface area contributed by atoms with E-state index in [2.05, 4.69) is 5.32 Å². The first-order chi connectivity index (χ1) is 13.3. The summed E-state index contributed by atoms with van der Waals surface area (Å²) in [4.78, 5) is 27.0. The largest absolute Gasteiger partial charge is 0.483 e. The highest BCUT2D eigenvalue weighted by atomic mass is 16.5. The summed E-state index contributed by atoms with van der Waals surface area (Å²) >= 11 is 0. The number of carbonyl (C=O) groups excluding carboxylic acids is 2. The minimum atomic E-state index is -0.589. The number of likely N-dealkylation sites (N-methyl/N-ethyl adjacent to an activating group) is 1. The molecule has 0 fully saturated rings. The Morgan fingerprint density at radius 2 is 1.79 bits per heavy atom. The van der Waals surface area contributed by atoms with Crippen molar-refractivity contribution < 1.29 is 14.3 Å². The van der Waals surface area contributed by atoms with Crippen LogP contribution in [-0.4, -0.2) is 35.9 Å². The van der Waals surface area contributed by atoms with Gasteiger partial charge in [0, 0.05) is 13.1 Å². The monoisotopic (exact) mass is 382 g/mol. The van der Waals surface area contributed by atoms with Crippen molar-refractivity contribution in [2.75, 3.05) is 13.2 Å². The van der Waals surface area contributed by atoms with E-state index in [-0.39, 0.29) is 18.4 Å². The molecule has 2 aromatic carbocycles. The van der Waals surface area contributed by atoms with Crippen molar-refractivity contribution in [2.24, 2.45) is 0 Å². The molecule has 0 saturated heterocycles. The summed E-state index contributed by atoms with van der Waals surface area (Å²) in [5.74, 6) is 0.300. The summed E-state index contributed by atoms with van der Waals surface area (Å²) < 4.78 is 5.80. The Kier molecular flexibility index (Phi) is 7.61. The second-order valence-electron chi connectivity index (χ2n) is 7.08. The van der Waals surface area contributed by atoms with E-state index in [1.807, 2.05) is 70.2 Å². The molecule has 0 heterocycles. The molecule has 0 spiro atoms. The van der Waals surface area contributed by atoms with Crippen LogP contribution >= 0.6 is 0 Å². The van der Waals surface area contributed by atoms with Crippen LogP contribution in [0.2, 0.25) is 0 Å². The van der Waals surface area contributed by atoms with Gasteiger partial charge in [0.05, 0.1) is 0 Å². The predicted molar refractivity (Wildman–Crippen MR) is 111 cm³/mol. The molecule has 1 atom stereocenters. The smallest absolute Gasteiger partial charge is 0.261 e. The summed E-state index contributed by atoms with van der Waals surface area (Å²) in [7, 11) is 0. The van der Waals surface area contributed by atoms with Crippen LogP contribution in [0.5, 0.6) is 5.75 Å². The third kappa shape index (κ3) is 5.59. The van der Waals surface area contributed by atoms with Gasteiger partial charge in [-0.15, -0.1) is 0 Å². The zero-order valence-electron chi connectivity index (χ0n) is 17.4. The number of hydrogen-bond acceptors (Lipinski definition) is 3. The Hall–Kier alpha value is -2.82. The van der Waals surface area contributed by atoms with Crippen molar-refractivity contribution in [3.8, 4) is 5.75 Å². The number of ether oxygens (including phenoxy) is 1. The van der Waals surface area contributed by atoms with E-state index in [9.17, 15) is 9.59 Å². The summed E-state index contributed by atoms with van der Waals surface area (Å²) in [6.07, 6.45) is 0. The molecule has 5 nitrogen and oxygen atoms in total. The third-order valence-corrected chi connectivity index (χ3v) is 4.82. The topological polar surface area (TPSA) is 58.6 Å². The number of nitrogens with zero attached hydrogens (tertiary/aromatic N) is 1. The van der Waals surface area contributed by atoms with Gasteiger partial charge in [0.15, 0.2) is 6.61 Å². The number of nitrogens with one attached hydrogen (secondary N) is 1. The minimum absolute atomic E-state index is 0.111. The van der Waals surface area contributed by atoms with E-state index in [1.165, 1.54) is 0 Å². The molecule has 2 aromatic rings. The van der Waals surface area contributed by atoms with Crippen molar-refractivity contribution in [2.45, 2.75) is 47.2 Å². The first-order valence-electron chi connectivity index (χ1n) is 9.65. The van der Waals surface area contributed by atoms with Crippen molar-refractivity contribution in [3.63, 3.8) is 0 Å². The van der Waals surface area contributed by atoms with Crippen molar-refractivity contribution in [1.29, 1.82) is 0 Å². The average molecular weight is 383 g/mol. The fourth-order valence-corrected chi connectivity index (χ4v) is 2.96. The molecule has 1 N–H and O–H groups in total. The Morgan fingerprint density at radius 1 is 1.07 bits per heavy atom. The van der Waals surface area contributed by atoms with Crippen LogP contribution in [0, 0.1) is 20.8 Å². The highest BCUT2D eigenvalue weighted by Gasteiger charge is 2.26. The first kappa shape index (κ1) is 21.5. The van der Waals surface area contributed by atoms with Crippen molar-refractivity contribution >= 4 is 11.8 Å². The van der Waals surface area contributed by atoms with Crippen LogP contribution < -0.4 is 10.1 Å². The van der Waals surface area contributed by atoms with E-state index in [0.29, 0.717) is 18.8 Å². The van der Waals surface area contributed by atoms with Gasteiger partial charge < -0.3 is 15.0 Å². The number of carbonyl (C=O) groups is 2. The molecule has 28 heavy (non-hydrogen) atoms. The molecule has 0 radical (unpaired) electrons. The Labute approximate surface area is 167 Å². The van der Waals surface area contributed by atoms with E-state index >= 15 is 0 Å². The molecule has 0 unspecified atom stereocenters. The van der Waals surface area contributed by atoms with Crippen LogP contribution in [0.4, 0.5) is 0 Å². The van der Waals surface area contributed by atoms with Gasteiger partial charge in [0.25, 0.3) is 5.91 Å². The number of aryl methyl sites for hydroxylation is 3. The van der Waals surface area contributed by atoms with Crippen molar-refractivity contribution in [1.82, 2.24) is 10.2 Å². The molecule has 2 amide bonds. The molecule has 150 valence electrons. The molecule has 2 rings (SSSR count). The van der Waals surface area contributed by atoms with Gasteiger partial charge in [-0.05, 0) is 62.9 Å². The highest BCUT2D eigenvalue weighted by Crippen LogP contribution is 2.20. The number of hydrogen-bond donors (Lipinski definition) is 1. The van der Waals surface area contributed by atoms with Gasteiger partial charge in [0.1, 0.15) is 11.8 Å². The van der Waals surface area contributed by atoms with Crippen LogP contribution in [0.3, 0.4) is 0 Å². The van der Waals surface area contributed by atoms with Gasteiger partial charge in [-0.3, -0.25) is 9.59 Å². The van der Waals surface area contributed by atoms with Crippen LogP contribution in [0.1, 0.15) is 36.1 Å². The highest BCUT2D eigenvalue weighted by molar-refractivity contribution is 5.88. The quantitative estimate of drug-likeness (QED) is 0.760. The Morgan fingerprint density at radius 3 is 2.46 bits per heavy atom. The molecule has 5 heteroatoms. The summed E-state index contributed by atoms with van der Waals surface area (Å²) in [6, 6.07) is 13.2. The maximum atomic E-state index is 13.0. The van der Waals surface area contributed by atoms with E-state index < -0.39 is 6.04 Å². The Bertz CT molecular complexity index is 832. The molecular weight excluding hydrogens is 352 g/mol. The van der Waals surface area contributed by atoms with Crippen LogP contribution in [-0.2, 0) is 16.1 Å². The normalized spacial score (nSPS) is 11.6. The van der Waals surface area contributed by atoms with Gasteiger partial charge >= 0.3 is 0 Å². The van der Waals surface area contributed by atoms with Crippen molar-refractivity contribution in [3.05, 3.63) is 64.7 Å². The number of rotatable bonds is 8. The lowest BCUT2D eigenvalue weighted by Gasteiger charge is -2.29. The molecule has 0 aliphatic heterocycles. The van der Waals surface area contributed by atoms with E-state index in [1.54, 1.807) is 11.8 Å². The second kappa shape index (κ2) is 9.93. The lowest BCUT2D eigenvalue weighted by atomic mass is 10.1. The maximum Gasteiger partial charge on any atom is 0.261 e. The molecule has 0 aromatic heterocycles. The molecule has 0 saturated carbocycles. The van der Waals surface area contributed by atoms with Gasteiger partial charge in [-0.1, -0.05) is 36.4 Å². The maximum absolute atomic E-state index is 13.0. The van der Waals surface area contributed by atoms with Crippen LogP contribution in [0.25, 0.3) is 0 Å². The fourth-order valence-electron chi connectivity index (χ4n) is 2.96. The lowest BCUT2D eigenvalue weighted by Crippen LogP contribution is -2.49. The molecular formula is C23H30N2O3. The van der Waals surface area contributed by atoms with Gasteiger partial charge in [-0.25, -0.2) is 0 Å². The fraction of sp³-hybridized carbons (Fsp3) is 0.391. The lowest BCUT2D eigenvalue weighted by molar-refractivity contribution is -0.142. The zero-order valence-corrected chi connectivity index (χ0v) is 17.4. The standard InChI is InChI=1S/C23H30N2O3/c1-6-24-23(27)19(5)25(14-20-10-8-7-9-17(20)3)22(26)15-28-21-13-16(2)11-12-18(21)4/h7-13,19H,6,14-15H2,1-5H3,(H,24,27)/t19-/m0/s1. The molecule has 0 bridgehead atoms. The molecule has 0 aliphatic carbocycles. The summed E-state index contributed by atoms with van der Waals surface area (Å²) in [6.45, 7) is 10.3. The van der Waals surface area contributed by atoms with Crippen LogP contribution in [0.15, 0.2) is 42.5 Å².